The van der Waals surface area contributed by atoms with Crippen molar-refractivity contribution in [2.75, 3.05) is 13.1 Å². The van der Waals surface area contributed by atoms with E-state index in [1.165, 1.54) is 6.20 Å². The second-order valence-electron chi connectivity index (χ2n) is 7.03. The van der Waals surface area contributed by atoms with Crippen LogP contribution >= 0.6 is 11.6 Å². The standard InChI is InChI=1S/C22H21ClN4O2/c23-18-8-4-9-19(12-18)27-14-17(13-24-27)22(29)25-20(16-6-2-1-3-7-16)15-26-11-5-10-21(26)28/h1-4,6-9,12-14,20H,5,10-11,15H2,(H,25,29). The molecule has 0 spiro atoms. The lowest BCUT2D eigenvalue weighted by atomic mass is 10.1. The molecule has 1 aliphatic rings. The van der Waals surface area contributed by atoms with E-state index in [2.05, 4.69) is 10.4 Å². The van der Waals surface area contributed by atoms with Gasteiger partial charge in [-0.05, 0) is 30.2 Å². The fourth-order valence-electron chi connectivity index (χ4n) is 3.48. The van der Waals surface area contributed by atoms with Crippen LogP contribution in [-0.4, -0.2) is 39.6 Å². The minimum absolute atomic E-state index is 0.133. The molecule has 1 unspecified atom stereocenters. The van der Waals surface area contributed by atoms with E-state index in [0.717, 1.165) is 24.2 Å². The highest BCUT2D eigenvalue weighted by Crippen LogP contribution is 2.20. The predicted octanol–water partition coefficient (Wildman–Crippen LogP) is 3.62. The quantitative estimate of drug-likeness (QED) is 0.677. The highest BCUT2D eigenvalue weighted by atomic mass is 35.5. The van der Waals surface area contributed by atoms with Crippen molar-refractivity contribution in [3.63, 3.8) is 0 Å². The van der Waals surface area contributed by atoms with Gasteiger partial charge in [0.05, 0.1) is 23.5 Å². The normalized spacial score (nSPS) is 14.8. The monoisotopic (exact) mass is 408 g/mol. The Hall–Kier alpha value is -3.12. The number of aromatic nitrogens is 2. The van der Waals surface area contributed by atoms with E-state index < -0.39 is 0 Å². The number of nitrogens with one attached hydrogen (secondary N) is 1. The summed E-state index contributed by atoms with van der Waals surface area (Å²) in [5.74, 6) is -0.104. The van der Waals surface area contributed by atoms with Gasteiger partial charge in [0, 0.05) is 30.7 Å². The van der Waals surface area contributed by atoms with Crippen molar-refractivity contribution in [1.82, 2.24) is 20.0 Å². The van der Waals surface area contributed by atoms with Crippen molar-refractivity contribution in [3.8, 4) is 5.69 Å². The Bertz CT molecular complexity index is 1020. The van der Waals surface area contributed by atoms with Crippen molar-refractivity contribution >= 4 is 23.4 Å². The largest absolute Gasteiger partial charge is 0.343 e. The molecule has 2 aromatic carbocycles. The van der Waals surface area contributed by atoms with Crippen LogP contribution in [0.2, 0.25) is 5.02 Å². The van der Waals surface area contributed by atoms with Crippen LogP contribution in [0.3, 0.4) is 0 Å². The van der Waals surface area contributed by atoms with E-state index in [1.807, 2.05) is 47.4 Å². The molecule has 1 aliphatic heterocycles. The summed E-state index contributed by atoms with van der Waals surface area (Å²) in [4.78, 5) is 26.8. The van der Waals surface area contributed by atoms with E-state index in [-0.39, 0.29) is 17.9 Å². The van der Waals surface area contributed by atoms with Gasteiger partial charge in [-0.15, -0.1) is 0 Å². The van der Waals surface area contributed by atoms with Crippen LogP contribution in [0.15, 0.2) is 67.0 Å². The maximum absolute atomic E-state index is 12.9. The summed E-state index contributed by atoms with van der Waals surface area (Å²) in [5, 5.41) is 7.94. The lowest BCUT2D eigenvalue weighted by Crippen LogP contribution is -2.38. The molecule has 2 heterocycles. The Morgan fingerprint density at radius 1 is 1.17 bits per heavy atom. The third kappa shape index (κ3) is 4.49. The molecule has 1 fully saturated rings. The average molecular weight is 409 g/mol. The van der Waals surface area contributed by atoms with Crippen molar-refractivity contribution in [3.05, 3.63) is 83.1 Å². The van der Waals surface area contributed by atoms with E-state index in [1.54, 1.807) is 23.0 Å². The van der Waals surface area contributed by atoms with Crippen LogP contribution in [-0.2, 0) is 4.79 Å². The number of hydrogen-bond donors (Lipinski definition) is 1. The minimum atomic E-state index is -0.291. The van der Waals surface area contributed by atoms with E-state index in [0.29, 0.717) is 23.6 Å². The number of nitrogens with zero attached hydrogens (tertiary/aromatic N) is 3. The molecule has 4 rings (SSSR count). The first-order chi connectivity index (χ1) is 14.1. The SMILES string of the molecule is O=C(NC(CN1CCCC1=O)c1ccccc1)c1cnn(-c2cccc(Cl)c2)c1. The molecule has 0 radical (unpaired) electrons. The van der Waals surface area contributed by atoms with E-state index >= 15 is 0 Å². The smallest absolute Gasteiger partial charge is 0.255 e. The minimum Gasteiger partial charge on any atom is -0.343 e. The maximum Gasteiger partial charge on any atom is 0.255 e. The van der Waals surface area contributed by atoms with Crippen molar-refractivity contribution in [2.45, 2.75) is 18.9 Å². The van der Waals surface area contributed by atoms with Gasteiger partial charge in [-0.2, -0.15) is 5.10 Å². The summed E-state index contributed by atoms with van der Waals surface area (Å²) >= 11 is 6.04. The van der Waals surface area contributed by atoms with Crippen LogP contribution in [0.1, 0.15) is 34.8 Å². The lowest BCUT2D eigenvalue weighted by molar-refractivity contribution is -0.128. The highest BCUT2D eigenvalue weighted by Gasteiger charge is 2.25. The van der Waals surface area contributed by atoms with Crippen LogP contribution in [0.5, 0.6) is 0 Å². The molecule has 3 aromatic rings. The summed E-state index contributed by atoms with van der Waals surface area (Å²) in [6.45, 7) is 1.18. The van der Waals surface area contributed by atoms with Gasteiger partial charge in [-0.1, -0.05) is 48.0 Å². The summed E-state index contributed by atoms with van der Waals surface area (Å²) < 4.78 is 1.61. The molecule has 1 N–H and O–H groups in total. The molecule has 0 aliphatic carbocycles. The number of benzene rings is 2. The summed E-state index contributed by atoms with van der Waals surface area (Å²) in [7, 11) is 0. The number of amides is 2. The van der Waals surface area contributed by atoms with Crippen LogP contribution in [0, 0.1) is 0 Å². The second-order valence-corrected chi connectivity index (χ2v) is 7.47. The van der Waals surface area contributed by atoms with E-state index in [9.17, 15) is 9.59 Å². The number of carbonyl (C=O) groups is 2. The zero-order valence-corrected chi connectivity index (χ0v) is 16.5. The van der Waals surface area contributed by atoms with Crippen molar-refractivity contribution < 1.29 is 9.59 Å². The number of rotatable bonds is 6. The Labute approximate surface area is 174 Å². The van der Waals surface area contributed by atoms with Gasteiger partial charge in [0.15, 0.2) is 0 Å². The average Bonchev–Trinajstić information content (AvgIpc) is 3.38. The molecule has 0 bridgehead atoms. The van der Waals surface area contributed by atoms with Gasteiger partial charge in [-0.3, -0.25) is 9.59 Å². The van der Waals surface area contributed by atoms with Gasteiger partial charge in [0.2, 0.25) is 5.91 Å². The second kappa shape index (κ2) is 8.49. The van der Waals surface area contributed by atoms with Crippen molar-refractivity contribution in [1.29, 1.82) is 0 Å². The van der Waals surface area contributed by atoms with Crippen molar-refractivity contribution in [2.24, 2.45) is 0 Å². The number of hydrogen-bond acceptors (Lipinski definition) is 3. The fourth-order valence-corrected chi connectivity index (χ4v) is 3.66. The Morgan fingerprint density at radius 3 is 2.72 bits per heavy atom. The summed E-state index contributed by atoms with van der Waals surface area (Å²) in [6, 6.07) is 16.7. The first kappa shape index (κ1) is 19.2. The molecular weight excluding hydrogens is 388 g/mol. The molecular formula is C22H21ClN4O2. The van der Waals surface area contributed by atoms with Crippen LogP contribution < -0.4 is 5.32 Å². The maximum atomic E-state index is 12.9. The molecule has 148 valence electrons. The molecule has 1 saturated heterocycles. The molecule has 7 heteroatoms. The van der Waals surface area contributed by atoms with Gasteiger partial charge in [0.1, 0.15) is 0 Å². The third-order valence-corrected chi connectivity index (χ3v) is 5.23. The number of halogens is 1. The number of carbonyl (C=O) groups excluding carboxylic acids is 2. The van der Waals surface area contributed by atoms with Gasteiger partial charge in [0.25, 0.3) is 5.91 Å². The molecule has 1 atom stereocenters. The summed E-state index contributed by atoms with van der Waals surface area (Å²) in [6.07, 6.45) is 4.63. The first-order valence-electron chi connectivity index (χ1n) is 9.54. The van der Waals surface area contributed by atoms with Gasteiger partial charge < -0.3 is 10.2 Å². The molecule has 2 amide bonds. The topological polar surface area (TPSA) is 67.2 Å². The van der Waals surface area contributed by atoms with Crippen LogP contribution in [0.25, 0.3) is 5.69 Å². The zero-order valence-electron chi connectivity index (χ0n) is 15.8. The molecule has 1 aromatic heterocycles. The van der Waals surface area contributed by atoms with Gasteiger partial charge >= 0.3 is 0 Å². The molecule has 0 saturated carbocycles. The lowest BCUT2D eigenvalue weighted by Gasteiger charge is -2.25. The Balaban J connectivity index is 1.53. The summed E-state index contributed by atoms with van der Waals surface area (Å²) in [5.41, 5.74) is 2.18. The Morgan fingerprint density at radius 2 is 2.00 bits per heavy atom. The molecule has 29 heavy (non-hydrogen) atoms. The zero-order chi connectivity index (χ0) is 20.2. The third-order valence-electron chi connectivity index (χ3n) is 5.00. The van der Waals surface area contributed by atoms with E-state index in [4.69, 9.17) is 11.6 Å². The predicted molar refractivity (Wildman–Crippen MR) is 111 cm³/mol. The number of likely N-dealkylation sites (tertiary alicyclic amines) is 1. The molecule has 6 nitrogen and oxygen atoms in total. The van der Waals surface area contributed by atoms with Gasteiger partial charge in [-0.25, -0.2) is 4.68 Å². The Kier molecular flexibility index (Phi) is 5.62. The first-order valence-corrected chi connectivity index (χ1v) is 9.92. The fraction of sp³-hybridized carbons (Fsp3) is 0.227. The highest BCUT2D eigenvalue weighted by molar-refractivity contribution is 6.30. The van der Waals surface area contributed by atoms with Crippen LogP contribution in [0.4, 0.5) is 0 Å².